The lowest BCUT2D eigenvalue weighted by molar-refractivity contribution is 0.415. The molecule has 1 saturated carbocycles. The zero-order valence-electron chi connectivity index (χ0n) is 7.82. The average molecular weight is 183 g/mol. The zero-order chi connectivity index (χ0) is 8.97. The van der Waals surface area contributed by atoms with Crippen LogP contribution in [-0.4, -0.2) is 11.5 Å². The van der Waals surface area contributed by atoms with Gasteiger partial charge in [0.2, 0.25) is 0 Å². The molecule has 0 aromatic rings. The highest BCUT2D eigenvalue weighted by atomic mass is 31.0. The molecule has 1 N–H and O–H groups in total. The van der Waals surface area contributed by atoms with Crippen LogP contribution in [0.2, 0.25) is 0 Å². The van der Waals surface area contributed by atoms with Crippen LogP contribution in [0.15, 0.2) is 12.2 Å². The summed E-state index contributed by atoms with van der Waals surface area (Å²) in [4.78, 5) is 0. The first-order valence-electron chi connectivity index (χ1n) is 4.71. The van der Waals surface area contributed by atoms with Crippen LogP contribution in [0.3, 0.4) is 0 Å². The first-order chi connectivity index (χ1) is 5.70. The van der Waals surface area contributed by atoms with Crippen molar-refractivity contribution in [3.8, 4) is 0 Å². The van der Waals surface area contributed by atoms with Crippen LogP contribution in [0.25, 0.3) is 0 Å². The van der Waals surface area contributed by atoms with Gasteiger partial charge in [0.1, 0.15) is 0 Å². The van der Waals surface area contributed by atoms with E-state index in [0.29, 0.717) is 6.04 Å². The third-order valence-corrected chi connectivity index (χ3v) is 2.95. The Bertz CT molecular complexity index is 180. The Labute approximate surface area is 77.5 Å². The SMILES string of the molecule is C=C(C)C(=P)NC1CCCCC1. The summed E-state index contributed by atoms with van der Waals surface area (Å²) in [5.41, 5.74) is 2.15. The van der Waals surface area contributed by atoms with Gasteiger partial charge in [-0.1, -0.05) is 25.8 Å². The van der Waals surface area contributed by atoms with Crippen molar-refractivity contribution < 1.29 is 0 Å². The standard InChI is InChI=1S/C10H18NP/c1-8(2)10(12)11-9-6-4-3-5-7-9/h9,11-12H,1,3-7H2,2H3. The second kappa shape index (κ2) is 4.79. The fraction of sp³-hybridized carbons (Fsp3) is 0.700. The summed E-state index contributed by atoms with van der Waals surface area (Å²) in [5, 5.41) is 3.45. The number of hydrogen-bond donors (Lipinski definition) is 1. The Hall–Kier alpha value is -0.130. The molecule has 0 saturated heterocycles. The minimum absolute atomic E-state index is 0.669. The average Bonchev–Trinajstić information content (AvgIpc) is 2.06. The van der Waals surface area contributed by atoms with Crippen molar-refractivity contribution in [2.24, 2.45) is 0 Å². The van der Waals surface area contributed by atoms with Crippen molar-refractivity contribution in [2.45, 2.75) is 45.1 Å². The Morgan fingerprint density at radius 2 is 1.92 bits per heavy atom. The molecule has 1 rings (SSSR count). The van der Waals surface area contributed by atoms with Gasteiger partial charge in [-0.15, -0.1) is 8.86 Å². The van der Waals surface area contributed by atoms with Crippen LogP contribution in [-0.2, 0) is 0 Å². The second-order valence-corrected chi connectivity index (χ2v) is 4.13. The van der Waals surface area contributed by atoms with Gasteiger partial charge >= 0.3 is 0 Å². The molecule has 0 aliphatic heterocycles. The van der Waals surface area contributed by atoms with Gasteiger partial charge in [-0.05, 0) is 25.3 Å². The van der Waals surface area contributed by atoms with Crippen LogP contribution < -0.4 is 5.32 Å². The van der Waals surface area contributed by atoms with Crippen molar-refractivity contribution in [3.63, 3.8) is 0 Å². The molecule has 1 nitrogen and oxygen atoms in total. The molecule has 0 atom stereocenters. The lowest BCUT2D eigenvalue weighted by Crippen LogP contribution is -2.35. The fourth-order valence-corrected chi connectivity index (χ4v) is 1.78. The van der Waals surface area contributed by atoms with E-state index < -0.39 is 0 Å². The molecule has 0 unspecified atom stereocenters. The number of nitrogens with one attached hydrogen (secondary N) is 1. The van der Waals surface area contributed by atoms with Crippen LogP contribution in [0.5, 0.6) is 0 Å². The van der Waals surface area contributed by atoms with Crippen molar-refractivity contribution in [2.75, 3.05) is 0 Å². The number of rotatable bonds is 3. The Morgan fingerprint density at radius 3 is 2.42 bits per heavy atom. The van der Waals surface area contributed by atoms with Gasteiger partial charge in [0, 0.05) is 11.5 Å². The van der Waals surface area contributed by atoms with Crippen LogP contribution in [0, 0.1) is 0 Å². The summed E-state index contributed by atoms with van der Waals surface area (Å²) in [6.07, 6.45) is 6.76. The predicted octanol–water partition coefficient (Wildman–Crippen LogP) is 2.76. The lowest BCUT2D eigenvalue weighted by Gasteiger charge is -2.23. The van der Waals surface area contributed by atoms with Crippen LogP contribution in [0.1, 0.15) is 39.0 Å². The quantitative estimate of drug-likeness (QED) is 0.663. The summed E-state index contributed by atoms with van der Waals surface area (Å²) >= 11 is 0. The molecular formula is C10H18NP. The molecule has 0 bridgehead atoms. The molecule has 0 radical (unpaired) electrons. The first-order valence-corrected chi connectivity index (χ1v) is 5.21. The van der Waals surface area contributed by atoms with Gasteiger partial charge < -0.3 is 0 Å². The van der Waals surface area contributed by atoms with Gasteiger partial charge in [0.05, 0.1) is 0 Å². The minimum Gasteiger partial charge on any atom is -0.282 e. The van der Waals surface area contributed by atoms with Gasteiger partial charge in [-0.3, -0.25) is 5.32 Å². The van der Waals surface area contributed by atoms with Gasteiger partial charge in [-0.25, -0.2) is 0 Å². The smallest absolute Gasteiger partial charge is 0.0373 e. The van der Waals surface area contributed by atoms with E-state index in [2.05, 4.69) is 20.8 Å². The largest absolute Gasteiger partial charge is 0.282 e. The van der Waals surface area contributed by atoms with Gasteiger partial charge in [0.15, 0.2) is 0 Å². The maximum absolute atomic E-state index is 3.87. The normalized spacial score (nSPS) is 19.1. The summed E-state index contributed by atoms with van der Waals surface area (Å²) in [5.74, 6) is 0. The van der Waals surface area contributed by atoms with E-state index in [1.54, 1.807) is 0 Å². The molecule has 0 amide bonds. The van der Waals surface area contributed by atoms with Crippen molar-refractivity contribution >= 4 is 14.3 Å². The van der Waals surface area contributed by atoms with Crippen molar-refractivity contribution in [1.29, 1.82) is 0 Å². The molecule has 0 aromatic heterocycles. The van der Waals surface area contributed by atoms with Crippen molar-refractivity contribution in [3.05, 3.63) is 12.2 Å². The summed E-state index contributed by atoms with van der Waals surface area (Å²) in [7, 11) is 3.53. The minimum atomic E-state index is 0.669. The van der Waals surface area contributed by atoms with E-state index >= 15 is 0 Å². The molecule has 2 heteroatoms. The zero-order valence-corrected chi connectivity index (χ0v) is 8.82. The summed E-state index contributed by atoms with van der Waals surface area (Å²) in [6.45, 7) is 5.88. The van der Waals surface area contributed by atoms with Crippen LogP contribution >= 0.6 is 8.86 Å². The highest BCUT2D eigenvalue weighted by molar-refractivity contribution is 7.21. The van der Waals surface area contributed by atoms with E-state index in [1.165, 1.54) is 32.1 Å². The second-order valence-electron chi connectivity index (χ2n) is 3.63. The molecule has 1 aliphatic carbocycles. The molecule has 68 valence electrons. The molecule has 12 heavy (non-hydrogen) atoms. The third kappa shape index (κ3) is 3.08. The Kier molecular flexibility index (Phi) is 3.97. The van der Waals surface area contributed by atoms with E-state index in [4.69, 9.17) is 0 Å². The first kappa shape index (κ1) is 9.95. The molecule has 1 aliphatic rings. The highest BCUT2D eigenvalue weighted by Crippen LogP contribution is 2.17. The summed E-state index contributed by atoms with van der Waals surface area (Å²) < 4.78 is 0. The lowest BCUT2D eigenvalue weighted by atomic mass is 9.95. The van der Waals surface area contributed by atoms with E-state index in [9.17, 15) is 0 Å². The Balaban J connectivity index is 2.29. The number of hydrogen-bond acceptors (Lipinski definition) is 0. The summed E-state index contributed by atoms with van der Waals surface area (Å²) in [6, 6.07) is 0.669. The predicted molar refractivity (Wildman–Crippen MR) is 58.1 cm³/mol. The Morgan fingerprint density at radius 1 is 1.33 bits per heavy atom. The van der Waals surface area contributed by atoms with Gasteiger partial charge in [0.25, 0.3) is 0 Å². The van der Waals surface area contributed by atoms with Crippen molar-refractivity contribution in [1.82, 2.24) is 5.32 Å². The van der Waals surface area contributed by atoms with E-state index in [0.717, 1.165) is 11.0 Å². The van der Waals surface area contributed by atoms with Gasteiger partial charge in [-0.2, -0.15) is 0 Å². The third-order valence-electron chi connectivity index (χ3n) is 2.38. The fourth-order valence-electron chi connectivity index (χ4n) is 1.57. The maximum atomic E-state index is 3.87. The monoisotopic (exact) mass is 183 g/mol. The molecule has 0 aromatic carbocycles. The maximum Gasteiger partial charge on any atom is 0.0373 e. The van der Waals surface area contributed by atoms with Crippen LogP contribution in [0.4, 0.5) is 0 Å². The highest BCUT2D eigenvalue weighted by Gasteiger charge is 2.13. The molecule has 1 fully saturated rings. The van der Waals surface area contributed by atoms with E-state index in [1.807, 2.05) is 6.92 Å². The molecular weight excluding hydrogens is 165 g/mol. The molecule has 0 heterocycles. The topological polar surface area (TPSA) is 12.0 Å². The molecule has 0 spiro atoms. The van der Waals surface area contributed by atoms with E-state index in [-0.39, 0.29) is 0 Å².